The lowest BCUT2D eigenvalue weighted by molar-refractivity contribution is 0.164. The minimum Gasteiger partial charge on any atom is -0.479 e. The van der Waals surface area contributed by atoms with Crippen molar-refractivity contribution in [2.75, 3.05) is 20.3 Å². The highest BCUT2D eigenvalue weighted by molar-refractivity contribution is 9.10. The van der Waals surface area contributed by atoms with Crippen LogP contribution in [0, 0.1) is 0 Å². The fraction of sp³-hybridized carbons (Fsp3) is 0.625. The summed E-state index contributed by atoms with van der Waals surface area (Å²) in [6.07, 6.45) is 5.13. The zero-order valence-corrected chi connectivity index (χ0v) is 14.4. The minimum absolute atomic E-state index is 0.156. The number of rotatable bonds is 8. The minimum atomic E-state index is 0.156. The van der Waals surface area contributed by atoms with E-state index in [9.17, 15) is 0 Å². The third-order valence-electron chi connectivity index (χ3n) is 3.51. The Morgan fingerprint density at radius 3 is 2.90 bits per heavy atom. The van der Waals surface area contributed by atoms with Gasteiger partial charge >= 0.3 is 0 Å². The van der Waals surface area contributed by atoms with Crippen LogP contribution in [0.5, 0.6) is 0 Å². The van der Waals surface area contributed by atoms with Crippen molar-refractivity contribution in [3.05, 3.63) is 28.0 Å². The van der Waals surface area contributed by atoms with Crippen molar-refractivity contribution in [3.63, 3.8) is 0 Å². The standard InChI is InChI=1S/C16H23BrN2O2/c1-3-4-5-13-8-6-12(16(17)19-13)7-9-15-18-14(10-20-2)11-21-15/h6,8,14H,3-5,7,9-11H2,1-2H3/t14-/m0/s1. The van der Waals surface area contributed by atoms with Crippen molar-refractivity contribution >= 4 is 21.8 Å². The molecule has 116 valence electrons. The van der Waals surface area contributed by atoms with Gasteiger partial charge in [-0.05, 0) is 46.8 Å². The Kier molecular flexibility index (Phi) is 6.64. The van der Waals surface area contributed by atoms with Gasteiger partial charge < -0.3 is 9.47 Å². The molecule has 1 aromatic rings. The monoisotopic (exact) mass is 354 g/mol. The van der Waals surface area contributed by atoms with Crippen molar-refractivity contribution in [3.8, 4) is 0 Å². The molecule has 1 aliphatic rings. The van der Waals surface area contributed by atoms with Crippen LogP contribution in [0.25, 0.3) is 0 Å². The molecule has 21 heavy (non-hydrogen) atoms. The normalized spacial score (nSPS) is 17.7. The molecule has 0 fully saturated rings. The summed E-state index contributed by atoms with van der Waals surface area (Å²) in [6, 6.07) is 4.44. The summed E-state index contributed by atoms with van der Waals surface area (Å²) in [5.41, 5.74) is 2.36. The molecular weight excluding hydrogens is 332 g/mol. The van der Waals surface area contributed by atoms with E-state index in [-0.39, 0.29) is 6.04 Å². The molecule has 5 heteroatoms. The summed E-state index contributed by atoms with van der Waals surface area (Å²) < 4.78 is 11.6. The predicted octanol–water partition coefficient (Wildman–Crippen LogP) is 3.56. The highest BCUT2D eigenvalue weighted by atomic mass is 79.9. The van der Waals surface area contributed by atoms with Gasteiger partial charge in [-0.1, -0.05) is 19.4 Å². The van der Waals surface area contributed by atoms with Crippen LogP contribution >= 0.6 is 15.9 Å². The SMILES string of the molecule is CCCCc1ccc(CCC2=N[C@@H](COC)CO2)c(Br)n1. The molecule has 1 aromatic heterocycles. The fourth-order valence-electron chi connectivity index (χ4n) is 2.31. The van der Waals surface area contributed by atoms with Crippen LogP contribution in [-0.2, 0) is 22.3 Å². The van der Waals surface area contributed by atoms with Gasteiger partial charge in [0.15, 0.2) is 5.90 Å². The van der Waals surface area contributed by atoms with Gasteiger partial charge in [0.25, 0.3) is 0 Å². The van der Waals surface area contributed by atoms with Crippen molar-refractivity contribution in [2.45, 2.75) is 45.1 Å². The molecule has 0 aromatic carbocycles. The molecule has 0 N–H and O–H groups in total. The number of nitrogens with zero attached hydrogens (tertiary/aromatic N) is 2. The molecular formula is C16H23BrN2O2. The van der Waals surface area contributed by atoms with Crippen LogP contribution in [0.4, 0.5) is 0 Å². The first kappa shape index (κ1) is 16.4. The van der Waals surface area contributed by atoms with E-state index in [0.717, 1.165) is 35.5 Å². The largest absolute Gasteiger partial charge is 0.479 e. The highest BCUT2D eigenvalue weighted by Crippen LogP contribution is 2.19. The molecule has 0 bridgehead atoms. The second-order valence-corrected chi connectivity index (χ2v) is 6.05. The molecule has 2 rings (SSSR count). The van der Waals surface area contributed by atoms with E-state index >= 15 is 0 Å². The van der Waals surface area contributed by atoms with Gasteiger partial charge in [-0.25, -0.2) is 9.98 Å². The van der Waals surface area contributed by atoms with E-state index in [2.05, 4.69) is 45.0 Å². The number of pyridine rings is 1. The zero-order chi connectivity index (χ0) is 15.1. The molecule has 0 saturated carbocycles. The van der Waals surface area contributed by atoms with Gasteiger partial charge in [0.05, 0.1) is 6.61 Å². The second kappa shape index (κ2) is 8.49. The number of hydrogen-bond donors (Lipinski definition) is 0. The van der Waals surface area contributed by atoms with E-state index in [4.69, 9.17) is 9.47 Å². The van der Waals surface area contributed by atoms with Gasteiger partial charge in [0.1, 0.15) is 17.3 Å². The number of ether oxygens (including phenoxy) is 2. The fourth-order valence-corrected chi connectivity index (χ4v) is 2.87. The topological polar surface area (TPSA) is 43.7 Å². The van der Waals surface area contributed by atoms with Gasteiger partial charge in [-0.15, -0.1) is 0 Å². The maximum atomic E-state index is 5.59. The van der Waals surface area contributed by atoms with E-state index in [0.29, 0.717) is 13.2 Å². The smallest absolute Gasteiger partial charge is 0.184 e. The molecule has 0 amide bonds. The molecule has 0 saturated heterocycles. The maximum absolute atomic E-state index is 5.59. The zero-order valence-electron chi connectivity index (χ0n) is 12.8. The van der Waals surface area contributed by atoms with Crippen LogP contribution in [0.2, 0.25) is 0 Å². The average Bonchev–Trinajstić information content (AvgIpc) is 2.92. The lowest BCUT2D eigenvalue weighted by Gasteiger charge is -2.06. The molecule has 0 unspecified atom stereocenters. The first-order valence-electron chi connectivity index (χ1n) is 7.55. The molecule has 0 aliphatic carbocycles. The van der Waals surface area contributed by atoms with Crippen LogP contribution in [-0.4, -0.2) is 37.2 Å². The van der Waals surface area contributed by atoms with E-state index < -0.39 is 0 Å². The number of hydrogen-bond acceptors (Lipinski definition) is 4. The maximum Gasteiger partial charge on any atom is 0.184 e. The number of aromatic nitrogens is 1. The van der Waals surface area contributed by atoms with Crippen LogP contribution in [0.1, 0.15) is 37.4 Å². The number of aryl methyl sites for hydroxylation is 2. The Morgan fingerprint density at radius 1 is 1.33 bits per heavy atom. The van der Waals surface area contributed by atoms with Crippen LogP contribution in [0.3, 0.4) is 0 Å². The summed E-state index contributed by atoms with van der Waals surface area (Å²) in [4.78, 5) is 9.13. The molecule has 1 aliphatic heterocycles. The Morgan fingerprint density at radius 2 is 2.19 bits per heavy atom. The molecule has 4 nitrogen and oxygen atoms in total. The highest BCUT2D eigenvalue weighted by Gasteiger charge is 2.18. The summed E-state index contributed by atoms with van der Waals surface area (Å²) in [7, 11) is 1.69. The van der Waals surface area contributed by atoms with Gasteiger partial charge in [-0.2, -0.15) is 0 Å². The number of methoxy groups -OCH3 is 1. The predicted molar refractivity (Wildman–Crippen MR) is 87.9 cm³/mol. The Hall–Kier alpha value is -0.940. The average molecular weight is 355 g/mol. The number of halogens is 1. The van der Waals surface area contributed by atoms with E-state index in [1.807, 2.05) is 0 Å². The summed E-state index contributed by atoms with van der Waals surface area (Å²) >= 11 is 3.57. The van der Waals surface area contributed by atoms with E-state index in [1.54, 1.807) is 7.11 Å². The van der Waals surface area contributed by atoms with Gasteiger partial charge in [0.2, 0.25) is 0 Å². The molecule has 0 radical (unpaired) electrons. The Bertz CT molecular complexity index is 491. The number of aliphatic imine (C=N–C) groups is 1. The Balaban J connectivity index is 1.87. The lowest BCUT2D eigenvalue weighted by atomic mass is 10.1. The number of unbranched alkanes of at least 4 members (excludes halogenated alkanes) is 1. The molecule has 0 spiro atoms. The molecule has 2 heterocycles. The van der Waals surface area contributed by atoms with Crippen LogP contribution in [0.15, 0.2) is 21.7 Å². The third-order valence-corrected chi connectivity index (χ3v) is 4.19. The quantitative estimate of drug-likeness (QED) is 0.670. The van der Waals surface area contributed by atoms with Crippen molar-refractivity contribution in [1.82, 2.24) is 4.98 Å². The van der Waals surface area contributed by atoms with Crippen LogP contribution < -0.4 is 0 Å². The second-order valence-electron chi connectivity index (χ2n) is 5.30. The van der Waals surface area contributed by atoms with E-state index in [1.165, 1.54) is 18.4 Å². The first-order valence-corrected chi connectivity index (χ1v) is 8.35. The van der Waals surface area contributed by atoms with Gasteiger partial charge in [0, 0.05) is 19.2 Å². The van der Waals surface area contributed by atoms with Crippen molar-refractivity contribution < 1.29 is 9.47 Å². The summed E-state index contributed by atoms with van der Waals surface area (Å²) in [5.74, 6) is 0.832. The lowest BCUT2D eigenvalue weighted by Crippen LogP contribution is -2.12. The van der Waals surface area contributed by atoms with Crippen molar-refractivity contribution in [2.24, 2.45) is 4.99 Å². The first-order chi connectivity index (χ1) is 10.2. The molecule has 1 atom stereocenters. The van der Waals surface area contributed by atoms with Gasteiger partial charge in [-0.3, -0.25) is 0 Å². The third kappa shape index (κ3) is 5.08. The summed E-state index contributed by atoms with van der Waals surface area (Å²) in [6.45, 7) is 3.46. The summed E-state index contributed by atoms with van der Waals surface area (Å²) in [5, 5.41) is 0. The van der Waals surface area contributed by atoms with Crippen molar-refractivity contribution in [1.29, 1.82) is 0 Å². The Labute approximate surface area is 135 Å².